The van der Waals surface area contributed by atoms with Gasteiger partial charge in [-0.1, -0.05) is 25.6 Å². The molecule has 1 unspecified atom stereocenters. The minimum absolute atomic E-state index is 0.247. The predicted molar refractivity (Wildman–Crippen MR) is 73.4 cm³/mol. The summed E-state index contributed by atoms with van der Waals surface area (Å²) in [6.45, 7) is 5.99. The van der Waals surface area contributed by atoms with Gasteiger partial charge in [-0.25, -0.2) is 4.98 Å². The Labute approximate surface area is 110 Å². The average Bonchev–Trinajstić information content (AvgIpc) is 2.62. The van der Waals surface area contributed by atoms with E-state index in [1.165, 1.54) is 0 Å². The van der Waals surface area contributed by atoms with Crippen molar-refractivity contribution in [3.63, 3.8) is 0 Å². The summed E-state index contributed by atoms with van der Waals surface area (Å²) in [5.74, 6) is 0.565. The fourth-order valence-corrected chi connectivity index (χ4v) is 3.30. The van der Waals surface area contributed by atoms with Crippen molar-refractivity contribution in [3.05, 3.63) is 11.1 Å². The monoisotopic (exact) mass is 273 g/mol. The van der Waals surface area contributed by atoms with Gasteiger partial charge in [0.25, 0.3) is 0 Å². The van der Waals surface area contributed by atoms with Crippen LogP contribution in [-0.2, 0) is 4.79 Å². The van der Waals surface area contributed by atoms with Crippen molar-refractivity contribution in [2.45, 2.75) is 43.6 Å². The SMILES string of the molecule is Cc1csc(SCCC(NC(C)C)C(N)=O)n1. The Balaban J connectivity index is 2.34. The Kier molecular flexibility index (Phi) is 5.94. The lowest BCUT2D eigenvalue weighted by molar-refractivity contribution is -0.120. The van der Waals surface area contributed by atoms with Crippen LogP contribution >= 0.6 is 23.1 Å². The fraction of sp³-hybridized carbons (Fsp3) is 0.636. The summed E-state index contributed by atoms with van der Waals surface area (Å²) < 4.78 is 1.05. The minimum atomic E-state index is -0.283. The predicted octanol–water partition coefficient (Wildman–Crippen LogP) is 1.79. The minimum Gasteiger partial charge on any atom is -0.368 e. The van der Waals surface area contributed by atoms with E-state index >= 15 is 0 Å². The van der Waals surface area contributed by atoms with Crippen molar-refractivity contribution in [3.8, 4) is 0 Å². The number of nitrogens with one attached hydrogen (secondary N) is 1. The van der Waals surface area contributed by atoms with Crippen LogP contribution in [0.1, 0.15) is 26.0 Å². The molecule has 1 amide bonds. The van der Waals surface area contributed by atoms with Crippen LogP contribution in [0.25, 0.3) is 0 Å². The zero-order valence-corrected chi connectivity index (χ0v) is 12.0. The molecular formula is C11H19N3OS2. The van der Waals surface area contributed by atoms with Crippen LogP contribution < -0.4 is 11.1 Å². The molecule has 1 atom stereocenters. The number of thioether (sulfide) groups is 1. The maximum absolute atomic E-state index is 11.2. The molecule has 0 saturated heterocycles. The van der Waals surface area contributed by atoms with Gasteiger partial charge in [0.15, 0.2) is 0 Å². The lowest BCUT2D eigenvalue weighted by Crippen LogP contribution is -2.44. The highest BCUT2D eigenvalue weighted by Gasteiger charge is 2.15. The number of nitrogens with two attached hydrogens (primary N) is 1. The van der Waals surface area contributed by atoms with Gasteiger partial charge in [-0.2, -0.15) is 0 Å². The smallest absolute Gasteiger partial charge is 0.234 e. The van der Waals surface area contributed by atoms with Gasteiger partial charge in [-0.15, -0.1) is 11.3 Å². The third-order valence-corrected chi connectivity index (χ3v) is 4.28. The van der Waals surface area contributed by atoms with E-state index in [9.17, 15) is 4.79 Å². The maximum atomic E-state index is 11.2. The molecule has 0 aliphatic carbocycles. The highest BCUT2D eigenvalue weighted by atomic mass is 32.2. The second-order valence-corrected chi connectivity index (χ2v) is 6.37. The number of rotatable bonds is 7. The van der Waals surface area contributed by atoms with Crippen LogP contribution in [0.15, 0.2) is 9.72 Å². The Morgan fingerprint density at radius 2 is 2.35 bits per heavy atom. The lowest BCUT2D eigenvalue weighted by Gasteiger charge is -2.17. The molecule has 0 saturated carbocycles. The van der Waals surface area contributed by atoms with E-state index in [2.05, 4.69) is 10.3 Å². The Hall–Kier alpha value is -0.590. The first-order chi connectivity index (χ1) is 7.99. The number of nitrogens with zero attached hydrogens (tertiary/aromatic N) is 1. The fourth-order valence-electron chi connectivity index (χ4n) is 1.37. The zero-order valence-electron chi connectivity index (χ0n) is 10.4. The Bertz CT molecular complexity index is 365. The maximum Gasteiger partial charge on any atom is 0.234 e. The van der Waals surface area contributed by atoms with Crippen LogP contribution in [-0.4, -0.2) is 28.7 Å². The lowest BCUT2D eigenvalue weighted by atomic mass is 10.2. The largest absolute Gasteiger partial charge is 0.368 e. The number of amides is 1. The number of primary amides is 1. The van der Waals surface area contributed by atoms with Gasteiger partial charge in [0.1, 0.15) is 4.34 Å². The summed E-state index contributed by atoms with van der Waals surface area (Å²) in [6, 6.07) is 0.0168. The van der Waals surface area contributed by atoms with Gasteiger partial charge in [0.05, 0.1) is 6.04 Å². The molecular weight excluding hydrogens is 254 g/mol. The number of hydrogen-bond donors (Lipinski definition) is 2. The van der Waals surface area contributed by atoms with Crippen molar-refractivity contribution in [1.82, 2.24) is 10.3 Å². The van der Waals surface area contributed by atoms with E-state index in [4.69, 9.17) is 5.73 Å². The molecule has 0 aliphatic rings. The third-order valence-electron chi connectivity index (χ3n) is 2.11. The first-order valence-electron chi connectivity index (χ1n) is 5.59. The van der Waals surface area contributed by atoms with Crippen molar-refractivity contribution in [1.29, 1.82) is 0 Å². The molecule has 6 heteroatoms. The molecule has 0 bridgehead atoms. The molecule has 96 valence electrons. The zero-order chi connectivity index (χ0) is 12.8. The number of carbonyl (C=O) groups excluding carboxylic acids is 1. The number of hydrogen-bond acceptors (Lipinski definition) is 5. The molecule has 0 aromatic carbocycles. The summed E-state index contributed by atoms with van der Waals surface area (Å²) in [7, 11) is 0. The molecule has 4 nitrogen and oxygen atoms in total. The van der Waals surface area contributed by atoms with Crippen LogP contribution in [0.4, 0.5) is 0 Å². The summed E-state index contributed by atoms with van der Waals surface area (Å²) in [4.78, 5) is 15.6. The van der Waals surface area contributed by atoms with E-state index in [1.807, 2.05) is 26.2 Å². The molecule has 0 spiro atoms. The van der Waals surface area contributed by atoms with Crippen molar-refractivity contribution < 1.29 is 4.79 Å². The van der Waals surface area contributed by atoms with E-state index in [1.54, 1.807) is 23.1 Å². The van der Waals surface area contributed by atoms with Gasteiger partial charge in [-0.05, 0) is 13.3 Å². The van der Waals surface area contributed by atoms with E-state index < -0.39 is 0 Å². The van der Waals surface area contributed by atoms with Crippen LogP contribution in [0.2, 0.25) is 0 Å². The van der Waals surface area contributed by atoms with Crippen molar-refractivity contribution in [2.24, 2.45) is 5.73 Å². The van der Waals surface area contributed by atoms with Gasteiger partial charge in [-0.3, -0.25) is 4.79 Å². The molecule has 1 aromatic heterocycles. The summed E-state index contributed by atoms with van der Waals surface area (Å²) in [6.07, 6.45) is 0.733. The molecule has 0 fully saturated rings. The second-order valence-electron chi connectivity index (χ2n) is 4.17. The molecule has 3 N–H and O–H groups in total. The standard InChI is InChI=1S/C11H19N3OS2/c1-7(2)13-9(10(12)15)4-5-16-11-14-8(3)6-17-11/h6-7,9,13H,4-5H2,1-3H3,(H2,12,15). The molecule has 1 rings (SSSR count). The topological polar surface area (TPSA) is 68.0 Å². The molecule has 0 radical (unpaired) electrons. The number of aromatic nitrogens is 1. The van der Waals surface area contributed by atoms with Gasteiger partial charge >= 0.3 is 0 Å². The molecule has 17 heavy (non-hydrogen) atoms. The highest BCUT2D eigenvalue weighted by Crippen LogP contribution is 2.23. The van der Waals surface area contributed by atoms with E-state index in [0.29, 0.717) is 0 Å². The van der Waals surface area contributed by atoms with Crippen LogP contribution in [0, 0.1) is 6.92 Å². The average molecular weight is 273 g/mol. The number of thiazole rings is 1. The van der Waals surface area contributed by atoms with Crippen molar-refractivity contribution >= 4 is 29.0 Å². The summed E-state index contributed by atoms with van der Waals surface area (Å²) in [5.41, 5.74) is 6.39. The van der Waals surface area contributed by atoms with Crippen LogP contribution in [0.3, 0.4) is 0 Å². The van der Waals surface area contributed by atoms with E-state index in [-0.39, 0.29) is 18.0 Å². The quantitative estimate of drug-likeness (QED) is 0.743. The Morgan fingerprint density at radius 1 is 1.65 bits per heavy atom. The molecule has 1 aromatic rings. The first kappa shape index (κ1) is 14.5. The van der Waals surface area contributed by atoms with Gasteiger partial charge in [0, 0.05) is 22.9 Å². The van der Waals surface area contributed by atoms with Crippen LogP contribution in [0.5, 0.6) is 0 Å². The first-order valence-corrected chi connectivity index (χ1v) is 7.46. The van der Waals surface area contributed by atoms with Crippen molar-refractivity contribution in [2.75, 3.05) is 5.75 Å². The Morgan fingerprint density at radius 3 is 2.82 bits per heavy atom. The third kappa shape index (κ3) is 5.52. The highest BCUT2D eigenvalue weighted by molar-refractivity contribution is 8.01. The van der Waals surface area contributed by atoms with Gasteiger partial charge in [0.2, 0.25) is 5.91 Å². The summed E-state index contributed by atoms with van der Waals surface area (Å²) in [5, 5.41) is 5.19. The summed E-state index contributed by atoms with van der Waals surface area (Å²) >= 11 is 3.31. The normalized spacial score (nSPS) is 12.9. The number of carbonyl (C=O) groups is 1. The number of aryl methyl sites for hydroxylation is 1. The van der Waals surface area contributed by atoms with E-state index in [0.717, 1.165) is 22.2 Å². The molecule has 1 heterocycles. The molecule has 0 aliphatic heterocycles. The second kappa shape index (κ2) is 6.98. The van der Waals surface area contributed by atoms with Gasteiger partial charge < -0.3 is 11.1 Å².